The standard InChI is InChI=1S/C29H32N6O2/c1-20-24-18-34(23-6-14-31-25(16-23)22-4-2-21(17-30)3-5-22)15-7-26(24)35(33-20)19-28-8-11-29(12-9-28,13-10-28)32-27(36)37/h2-6,14,16,32H,7-13,15,18-19H2,1H3,(H,36,37). The Hall–Kier alpha value is -3.86. The third kappa shape index (κ3) is 4.33. The summed E-state index contributed by atoms with van der Waals surface area (Å²) in [6, 6.07) is 13.9. The number of hydrogen-bond donors (Lipinski definition) is 2. The van der Waals surface area contributed by atoms with Gasteiger partial charge in [0.2, 0.25) is 0 Å². The van der Waals surface area contributed by atoms with Crippen molar-refractivity contribution < 1.29 is 9.90 Å². The highest BCUT2D eigenvalue weighted by Gasteiger charge is 2.49. The van der Waals surface area contributed by atoms with Crippen LogP contribution in [0.2, 0.25) is 0 Å². The number of nitrogens with one attached hydrogen (secondary N) is 1. The summed E-state index contributed by atoms with van der Waals surface area (Å²) in [6.45, 7) is 4.81. The van der Waals surface area contributed by atoms with Gasteiger partial charge in [-0.15, -0.1) is 0 Å². The lowest BCUT2D eigenvalue weighted by Crippen LogP contribution is -2.57. The van der Waals surface area contributed by atoms with Crippen molar-refractivity contribution in [3.8, 4) is 17.3 Å². The van der Waals surface area contributed by atoms with Gasteiger partial charge in [-0.25, -0.2) is 4.79 Å². The minimum atomic E-state index is -0.894. The largest absolute Gasteiger partial charge is 0.465 e. The number of aromatic nitrogens is 3. The molecule has 1 aromatic carbocycles. The third-order valence-corrected chi connectivity index (χ3v) is 9.01. The maximum atomic E-state index is 11.3. The molecule has 0 saturated heterocycles. The molecule has 0 radical (unpaired) electrons. The summed E-state index contributed by atoms with van der Waals surface area (Å²) in [6.07, 6.45) is 7.88. The summed E-state index contributed by atoms with van der Waals surface area (Å²) in [7, 11) is 0. The van der Waals surface area contributed by atoms with Crippen molar-refractivity contribution >= 4 is 11.8 Å². The Kier molecular flexibility index (Phi) is 5.67. The predicted octanol–water partition coefficient (Wildman–Crippen LogP) is 5.05. The highest BCUT2D eigenvalue weighted by atomic mass is 16.4. The van der Waals surface area contributed by atoms with Crippen LogP contribution < -0.4 is 10.2 Å². The molecule has 7 rings (SSSR count). The van der Waals surface area contributed by atoms with Gasteiger partial charge in [0.05, 0.1) is 23.0 Å². The van der Waals surface area contributed by atoms with Crippen molar-refractivity contribution in [3.05, 3.63) is 65.1 Å². The van der Waals surface area contributed by atoms with Gasteiger partial charge in [-0.05, 0) is 75.1 Å². The Bertz CT molecular complexity index is 1360. The molecule has 8 heteroatoms. The molecule has 3 saturated carbocycles. The fraction of sp³-hybridized carbons (Fsp3) is 0.448. The zero-order valence-corrected chi connectivity index (χ0v) is 21.2. The predicted molar refractivity (Wildman–Crippen MR) is 140 cm³/mol. The van der Waals surface area contributed by atoms with Crippen molar-refractivity contribution in [2.45, 2.75) is 70.5 Å². The molecule has 2 N–H and O–H groups in total. The summed E-state index contributed by atoms with van der Waals surface area (Å²) in [5, 5.41) is 26.2. The lowest BCUT2D eigenvalue weighted by Gasteiger charge is -2.53. The second-order valence-corrected chi connectivity index (χ2v) is 11.1. The Morgan fingerprint density at radius 1 is 1.14 bits per heavy atom. The molecule has 0 atom stereocenters. The highest BCUT2D eigenvalue weighted by molar-refractivity contribution is 5.66. The van der Waals surface area contributed by atoms with Crippen molar-refractivity contribution in [3.63, 3.8) is 0 Å². The number of rotatable bonds is 5. The molecule has 3 fully saturated rings. The number of amides is 1. The molecule has 1 aliphatic heterocycles. The molecule has 0 spiro atoms. The van der Waals surface area contributed by atoms with E-state index in [2.05, 4.69) is 45.0 Å². The zero-order valence-electron chi connectivity index (χ0n) is 21.2. The lowest BCUT2D eigenvalue weighted by atomic mass is 9.57. The van der Waals surface area contributed by atoms with E-state index in [4.69, 9.17) is 10.4 Å². The van der Waals surface area contributed by atoms with Crippen LogP contribution in [0.1, 0.15) is 61.0 Å². The number of nitrogens with zero attached hydrogens (tertiary/aromatic N) is 5. The molecule has 190 valence electrons. The van der Waals surface area contributed by atoms with E-state index in [0.717, 1.165) is 87.2 Å². The maximum absolute atomic E-state index is 11.3. The summed E-state index contributed by atoms with van der Waals surface area (Å²) in [5.41, 5.74) is 7.50. The molecule has 3 aromatic rings. The van der Waals surface area contributed by atoms with Gasteiger partial charge < -0.3 is 15.3 Å². The lowest BCUT2D eigenvalue weighted by molar-refractivity contribution is 0.00945. The van der Waals surface area contributed by atoms with Crippen LogP contribution in [-0.2, 0) is 19.5 Å². The van der Waals surface area contributed by atoms with E-state index in [9.17, 15) is 9.90 Å². The number of nitriles is 1. The van der Waals surface area contributed by atoms with Crippen LogP contribution in [0.4, 0.5) is 10.5 Å². The Morgan fingerprint density at radius 3 is 2.54 bits per heavy atom. The molecule has 3 heterocycles. The van der Waals surface area contributed by atoms with E-state index in [0.29, 0.717) is 5.56 Å². The number of benzene rings is 1. The number of aryl methyl sites for hydroxylation is 1. The summed E-state index contributed by atoms with van der Waals surface area (Å²) < 4.78 is 2.28. The van der Waals surface area contributed by atoms with Crippen LogP contribution in [0.3, 0.4) is 0 Å². The number of hydrogen-bond acceptors (Lipinski definition) is 5. The minimum Gasteiger partial charge on any atom is -0.465 e. The zero-order chi connectivity index (χ0) is 25.6. The van der Waals surface area contributed by atoms with Crippen LogP contribution in [-0.4, -0.2) is 38.0 Å². The molecular formula is C29H32N6O2. The van der Waals surface area contributed by atoms with Gasteiger partial charge in [-0.2, -0.15) is 10.4 Å². The van der Waals surface area contributed by atoms with Crippen molar-refractivity contribution in [2.75, 3.05) is 11.4 Å². The van der Waals surface area contributed by atoms with Crippen molar-refractivity contribution in [1.82, 2.24) is 20.1 Å². The first-order chi connectivity index (χ1) is 17.9. The van der Waals surface area contributed by atoms with Crippen LogP contribution in [0.5, 0.6) is 0 Å². The van der Waals surface area contributed by atoms with Crippen molar-refractivity contribution in [1.29, 1.82) is 5.26 Å². The summed E-state index contributed by atoms with van der Waals surface area (Å²) in [5.74, 6) is 0. The first-order valence-corrected chi connectivity index (χ1v) is 13.2. The molecule has 2 aromatic heterocycles. The van der Waals surface area contributed by atoms with Crippen LogP contribution >= 0.6 is 0 Å². The van der Waals surface area contributed by atoms with Crippen LogP contribution in [0.15, 0.2) is 42.6 Å². The maximum Gasteiger partial charge on any atom is 0.405 e. The second kappa shape index (κ2) is 8.91. The smallest absolute Gasteiger partial charge is 0.405 e. The number of fused-ring (bicyclic) bond motifs is 4. The Morgan fingerprint density at radius 2 is 1.86 bits per heavy atom. The topological polar surface area (TPSA) is 107 Å². The average molecular weight is 497 g/mol. The molecule has 37 heavy (non-hydrogen) atoms. The SMILES string of the molecule is Cc1nn(CC23CCC(NC(=O)O)(CC2)CC3)c2c1CN(c1ccnc(-c3ccc(C#N)cc3)c1)CC2. The Labute approximate surface area is 216 Å². The van der Waals surface area contributed by atoms with Gasteiger partial charge in [0.15, 0.2) is 0 Å². The van der Waals surface area contributed by atoms with Gasteiger partial charge in [0.25, 0.3) is 0 Å². The van der Waals surface area contributed by atoms with Gasteiger partial charge >= 0.3 is 6.09 Å². The van der Waals surface area contributed by atoms with E-state index < -0.39 is 6.09 Å². The number of pyridine rings is 1. The van der Waals surface area contributed by atoms with Crippen LogP contribution in [0.25, 0.3) is 11.3 Å². The molecular weight excluding hydrogens is 464 g/mol. The summed E-state index contributed by atoms with van der Waals surface area (Å²) in [4.78, 5) is 18.3. The van der Waals surface area contributed by atoms with Gasteiger partial charge in [0.1, 0.15) is 0 Å². The van der Waals surface area contributed by atoms with E-state index in [1.165, 1.54) is 11.3 Å². The number of carboxylic acid groups (broad SMARTS) is 1. The third-order valence-electron chi connectivity index (χ3n) is 9.01. The fourth-order valence-corrected chi connectivity index (χ4v) is 6.74. The second-order valence-electron chi connectivity index (χ2n) is 11.1. The normalized spacial score (nSPS) is 24.4. The average Bonchev–Trinajstić information content (AvgIpc) is 3.23. The first kappa shape index (κ1) is 23.5. The van der Waals surface area contributed by atoms with E-state index in [1.54, 1.807) is 0 Å². The molecule has 4 aliphatic rings. The van der Waals surface area contributed by atoms with Gasteiger partial charge in [0, 0.05) is 60.3 Å². The molecule has 8 nitrogen and oxygen atoms in total. The van der Waals surface area contributed by atoms with E-state index in [1.807, 2.05) is 30.5 Å². The molecule has 3 aliphatic carbocycles. The Balaban J connectivity index is 1.18. The van der Waals surface area contributed by atoms with Gasteiger partial charge in [-0.3, -0.25) is 9.67 Å². The van der Waals surface area contributed by atoms with Crippen molar-refractivity contribution in [2.24, 2.45) is 5.41 Å². The molecule has 2 bridgehead atoms. The fourth-order valence-electron chi connectivity index (χ4n) is 6.74. The monoisotopic (exact) mass is 496 g/mol. The van der Waals surface area contributed by atoms with Gasteiger partial charge in [-0.1, -0.05) is 12.1 Å². The summed E-state index contributed by atoms with van der Waals surface area (Å²) >= 11 is 0. The number of carbonyl (C=O) groups is 1. The highest BCUT2D eigenvalue weighted by Crippen LogP contribution is 2.53. The quantitative estimate of drug-likeness (QED) is 0.512. The number of anilines is 1. The molecule has 0 unspecified atom stereocenters. The first-order valence-electron chi connectivity index (χ1n) is 13.2. The molecule has 1 amide bonds. The van der Waals surface area contributed by atoms with E-state index in [-0.39, 0.29) is 11.0 Å². The minimum absolute atomic E-state index is 0.214. The van der Waals surface area contributed by atoms with Crippen LogP contribution in [0, 0.1) is 23.7 Å². The van der Waals surface area contributed by atoms with E-state index >= 15 is 0 Å².